The standard InChI is InChI=1S/C23H28O9/c1-2-30-23-15(7-9-28-11-12-29-10-8-24)17(13-20(32-23)22(26)27)18-14-31-19-6-4-3-5-16(19)21(18)25/h3-6,13-15,17,23-24H,2,7-12H2,1H3,(H,26,27)/t15-,17+,23-/m1/s1. The van der Waals surface area contributed by atoms with Crippen molar-refractivity contribution in [1.29, 1.82) is 0 Å². The van der Waals surface area contributed by atoms with Gasteiger partial charge in [0.1, 0.15) is 5.58 Å². The third-order valence-corrected chi connectivity index (χ3v) is 5.20. The summed E-state index contributed by atoms with van der Waals surface area (Å²) in [6.07, 6.45) is 2.41. The summed E-state index contributed by atoms with van der Waals surface area (Å²) in [5, 5.41) is 18.7. The minimum atomic E-state index is -1.24. The monoisotopic (exact) mass is 448 g/mol. The SMILES string of the molecule is CCO[C@@H]1OC(C(=O)O)=C[C@H](c2coc3ccccc3c2=O)[C@H]1CCOCCOCCO. The van der Waals surface area contributed by atoms with Gasteiger partial charge in [-0.15, -0.1) is 0 Å². The molecule has 0 aliphatic carbocycles. The van der Waals surface area contributed by atoms with E-state index in [1.54, 1.807) is 31.2 Å². The number of rotatable bonds is 12. The second-order valence-electron chi connectivity index (χ2n) is 7.22. The van der Waals surface area contributed by atoms with Crippen LogP contribution in [0.25, 0.3) is 11.0 Å². The van der Waals surface area contributed by atoms with Crippen molar-refractivity contribution in [3.05, 3.63) is 58.2 Å². The van der Waals surface area contributed by atoms with Gasteiger partial charge in [0, 0.05) is 30.6 Å². The van der Waals surface area contributed by atoms with Crippen LogP contribution in [0.4, 0.5) is 0 Å². The van der Waals surface area contributed by atoms with Crippen LogP contribution in [0, 0.1) is 5.92 Å². The molecule has 2 N–H and O–H groups in total. The molecule has 32 heavy (non-hydrogen) atoms. The first-order chi connectivity index (χ1) is 15.6. The molecule has 9 heteroatoms. The molecule has 1 aromatic carbocycles. The largest absolute Gasteiger partial charge is 0.475 e. The van der Waals surface area contributed by atoms with Crippen LogP contribution in [0.2, 0.25) is 0 Å². The fraction of sp³-hybridized carbons (Fsp3) is 0.478. The number of para-hydroxylation sites is 1. The zero-order chi connectivity index (χ0) is 22.9. The van der Waals surface area contributed by atoms with Crippen LogP contribution in [0.15, 0.2) is 51.6 Å². The van der Waals surface area contributed by atoms with Crippen molar-refractivity contribution in [2.45, 2.75) is 25.6 Å². The Hall–Kier alpha value is -2.72. The fourth-order valence-electron chi connectivity index (χ4n) is 3.72. The number of hydrogen-bond donors (Lipinski definition) is 2. The molecule has 0 unspecified atom stereocenters. The second-order valence-corrected chi connectivity index (χ2v) is 7.22. The lowest BCUT2D eigenvalue weighted by Crippen LogP contribution is -2.38. The maximum Gasteiger partial charge on any atom is 0.370 e. The first-order valence-electron chi connectivity index (χ1n) is 10.6. The molecule has 0 radical (unpaired) electrons. The number of carboxylic acid groups (broad SMARTS) is 1. The molecular weight excluding hydrogens is 420 g/mol. The molecule has 174 valence electrons. The van der Waals surface area contributed by atoms with Gasteiger partial charge >= 0.3 is 5.97 Å². The molecule has 2 aromatic rings. The molecule has 0 bridgehead atoms. The number of carboxylic acids is 1. The van der Waals surface area contributed by atoms with Crippen molar-refractivity contribution >= 4 is 16.9 Å². The van der Waals surface area contributed by atoms with E-state index < -0.39 is 18.2 Å². The lowest BCUT2D eigenvalue weighted by molar-refractivity contribution is -0.174. The Bertz CT molecular complexity index is 981. The van der Waals surface area contributed by atoms with Crippen molar-refractivity contribution in [3.8, 4) is 0 Å². The zero-order valence-electron chi connectivity index (χ0n) is 17.9. The number of fused-ring (bicyclic) bond motifs is 1. The summed E-state index contributed by atoms with van der Waals surface area (Å²) >= 11 is 0. The number of aliphatic hydroxyl groups is 1. The predicted octanol–water partition coefficient (Wildman–Crippen LogP) is 2.27. The van der Waals surface area contributed by atoms with Crippen molar-refractivity contribution < 1.29 is 38.4 Å². The van der Waals surface area contributed by atoms with Crippen LogP contribution >= 0.6 is 0 Å². The van der Waals surface area contributed by atoms with E-state index in [4.69, 9.17) is 28.5 Å². The fourth-order valence-corrected chi connectivity index (χ4v) is 3.72. The molecule has 1 aliphatic heterocycles. The van der Waals surface area contributed by atoms with Gasteiger partial charge in [-0.25, -0.2) is 4.79 Å². The highest BCUT2D eigenvalue weighted by molar-refractivity contribution is 5.84. The van der Waals surface area contributed by atoms with Crippen molar-refractivity contribution in [2.24, 2.45) is 5.92 Å². The quantitative estimate of drug-likeness (QED) is 0.470. The van der Waals surface area contributed by atoms with Crippen LogP contribution < -0.4 is 5.43 Å². The van der Waals surface area contributed by atoms with E-state index in [1.807, 2.05) is 0 Å². The van der Waals surface area contributed by atoms with Crippen molar-refractivity contribution in [3.63, 3.8) is 0 Å². The summed E-state index contributed by atoms with van der Waals surface area (Å²) in [4.78, 5) is 24.9. The molecule has 0 fully saturated rings. The number of ether oxygens (including phenoxy) is 4. The zero-order valence-corrected chi connectivity index (χ0v) is 17.9. The number of allylic oxidation sites excluding steroid dienone is 1. The highest BCUT2D eigenvalue weighted by Crippen LogP contribution is 2.38. The van der Waals surface area contributed by atoms with E-state index in [2.05, 4.69) is 0 Å². The van der Waals surface area contributed by atoms with Gasteiger partial charge in [-0.05, 0) is 31.6 Å². The number of aliphatic hydroxyl groups excluding tert-OH is 1. The van der Waals surface area contributed by atoms with E-state index in [0.717, 1.165) is 0 Å². The molecular formula is C23H28O9. The molecule has 0 saturated carbocycles. The molecule has 0 amide bonds. The number of carbonyl (C=O) groups is 1. The van der Waals surface area contributed by atoms with Gasteiger partial charge in [0.15, 0.2) is 5.43 Å². The maximum atomic E-state index is 13.2. The number of aliphatic carboxylic acids is 1. The highest BCUT2D eigenvalue weighted by atomic mass is 16.7. The Morgan fingerprint density at radius 1 is 1.12 bits per heavy atom. The van der Waals surface area contributed by atoms with Crippen LogP contribution in [-0.4, -0.2) is 62.1 Å². The Balaban J connectivity index is 1.87. The van der Waals surface area contributed by atoms with Gasteiger partial charge in [0.05, 0.1) is 38.1 Å². The molecule has 0 spiro atoms. The average molecular weight is 448 g/mol. The summed E-state index contributed by atoms with van der Waals surface area (Å²) in [6.45, 7) is 3.30. The van der Waals surface area contributed by atoms with E-state index in [0.29, 0.717) is 49.4 Å². The van der Waals surface area contributed by atoms with Crippen LogP contribution in [0.3, 0.4) is 0 Å². The second kappa shape index (κ2) is 11.8. The first-order valence-corrected chi connectivity index (χ1v) is 10.6. The average Bonchev–Trinajstić information content (AvgIpc) is 2.79. The normalized spacial score (nSPS) is 20.7. The van der Waals surface area contributed by atoms with E-state index in [-0.39, 0.29) is 30.3 Å². The summed E-state index contributed by atoms with van der Waals surface area (Å²) in [5.74, 6) is -2.47. The van der Waals surface area contributed by atoms with E-state index in [1.165, 1.54) is 12.3 Å². The van der Waals surface area contributed by atoms with Crippen molar-refractivity contribution in [2.75, 3.05) is 39.6 Å². The molecule has 1 aliphatic rings. The van der Waals surface area contributed by atoms with E-state index in [9.17, 15) is 14.7 Å². The molecule has 2 heterocycles. The molecule has 9 nitrogen and oxygen atoms in total. The Labute approximate surface area is 185 Å². The Morgan fingerprint density at radius 2 is 1.88 bits per heavy atom. The topological polar surface area (TPSA) is 125 Å². The van der Waals surface area contributed by atoms with Gasteiger partial charge in [0.25, 0.3) is 0 Å². The molecule has 3 atom stereocenters. The first kappa shape index (κ1) is 23.9. The molecule has 0 saturated heterocycles. The van der Waals surface area contributed by atoms with Gasteiger partial charge < -0.3 is 33.6 Å². The van der Waals surface area contributed by atoms with Gasteiger partial charge in [-0.1, -0.05) is 12.1 Å². The number of benzene rings is 1. The summed E-state index contributed by atoms with van der Waals surface area (Å²) in [6, 6.07) is 6.91. The van der Waals surface area contributed by atoms with E-state index >= 15 is 0 Å². The Morgan fingerprint density at radius 3 is 2.59 bits per heavy atom. The molecule has 1 aromatic heterocycles. The summed E-state index contributed by atoms with van der Waals surface area (Å²) < 4.78 is 27.7. The maximum absolute atomic E-state index is 13.2. The predicted molar refractivity (Wildman–Crippen MR) is 114 cm³/mol. The lowest BCUT2D eigenvalue weighted by atomic mass is 9.81. The van der Waals surface area contributed by atoms with Crippen molar-refractivity contribution in [1.82, 2.24) is 0 Å². The highest BCUT2D eigenvalue weighted by Gasteiger charge is 2.39. The minimum Gasteiger partial charge on any atom is -0.475 e. The summed E-state index contributed by atoms with van der Waals surface area (Å²) in [5.41, 5.74) is 0.574. The van der Waals surface area contributed by atoms with Crippen LogP contribution in [0.1, 0.15) is 24.8 Å². The minimum absolute atomic E-state index is 0.0519. The van der Waals surface area contributed by atoms with Crippen LogP contribution in [0.5, 0.6) is 0 Å². The van der Waals surface area contributed by atoms with Gasteiger partial charge in [0.2, 0.25) is 12.0 Å². The van der Waals surface area contributed by atoms with Crippen LogP contribution in [-0.2, 0) is 23.7 Å². The van der Waals surface area contributed by atoms with Gasteiger partial charge in [-0.2, -0.15) is 0 Å². The Kier molecular flexibility index (Phi) is 8.81. The van der Waals surface area contributed by atoms with Gasteiger partial charge in [-0.3, -0.25) is 4.79 Å². The lowest BCUT2D eigenvalue weighted by Gasteiger charge is -2.36. The third-order valence-electron chi connectivity index (χ3n) is 5.20. The molecule has 3 rings (SSSR count). The number of hydrogen-bond acceptors (Lipinski definition) is 8. The smallest absolute Gasteiger partial charge is 0.370 e. The third kappa shape index (κ3) is 5.74. The summed E-state index contributed by atoms with van der Waals surface area (Å²) in [7, 11) is 0.